The molecule has 6 aromatic heterocycles. The Kier molecular flexibility index (Phi) is 9.99. The molecule has 0 aliphatic carbocycles. The van der Waals surface area contributed by atoms with Gasteiger partial charge in [0.25, 0.3) is 0 Å². The van der Waals surface area contributed by atoms with E-state index in [1.165, 1.54) is 43.7 Å². The minimum absolute atomic E-state index is 0.780. The molecule has 0 saturated heterocycles. The molecule has 18 rings (SSSR count). The standard InChI is InChI=1S/C78H46N4O2/c1-2-16-47(17-3-1)51-37-40-69-62(44-51)63-45-52(38-41-70(63)82(69)56-21-14-18-53(42-56)73-59-24-4-9-27-65(59)79-75-60-25-7-12-30-71(60)83-77(73)75)49-34-32-48(33-35-49)50-36-39-66-64(46-50)74(78-76(80-66)61-26-8-13-31-72(61)84-78)54-19-15-20-55(43-54)81-67-28-10-5-22-57(67)58-23-6-11-29-68(58)81/h1-46H. The Morgan fingerprint density at radius 2 is 0.619 bits per heavy atom. The first kappa shape index (κ1) is 46.4. The third kappa shape index (κ3) is 7.04. The van der Waals surface area contributed by atoms with Gasteiger partial charge in [-0.2, -0.15) is 0 Å². The number of nitrogens with zero attached hydrogens (tertiary/aromatic N) is 4. The minimum atomic E-state index is 0.780. The number of pyridine rings is 2. The van der Waals surface area contributed by atoms with Crippen molar-refractivity contribution in [3.63, 3.8) is 0 Å². The fraction of sp³-hybridized carbons (Fsp3) is 0. The van der Waals surface area contributed by atoms with Crippen molar-refractivity contribution in [3.8, 4) is 67.0 Å². The zero-order chi connectivity index (χ0) is 55.0. The van der Waals surface area contributed by atoms with Gasteiger partial charge in [0.2, 0.25) is 0 Å². The van der Waals surface area contributed by atoms with Crippen LogP contribution in [0.5, 0.6) is 0 Å². The Labute approximate surface area is 481 Å². The van der Waals surface area contributed by atoms with Crippen molar-refractivity contribution in [1.82, 2.24) is 19.1 Å². The Bertz CT molecular complexity index is 5690. The van der Waals surface area contributed by atoms with Gasteiger partial charge in [-0.25, -0.2) is 9.97 Å². The molecule has 390 valence electrons. The lowest BCUT2D eigenvalue weighted by molar-refractivity contribution is 0.669. The zero-order valence-corrected chi connectivity index (χ0v) is 45.2. The second kappa shape index (κ2) is 18.1. The van der Waals surface area contributed by atoms with Crippen molar-refractivity contribution in [2.24, 2.45) is 0 Å². The summed E-state index contributed by atoms with van der Waals surface area (Å²) >= 11 is 0. The molecular formula is C78H46N4O2. The summed E-state index contributed by atoms with van der Waals surface area (Å²) in [5.41, 5.74) is 24.6. The number of hydrogen-bond acceptors (Lipinski definition) is 4. The quantitative estimate of drug-likeness (QED) is 0.160. The van der Waals surface area contributed by atoms with E-state index in [-0.39, 0.29) is 0 Å². The van der Waals surface area contributed by atoms with Crippen LogP contribution in [0.25, 0.3) is 177 Å². The van der Waals surface area contributed by atoms with Crippen LogP contribution in [0.15, 0.2) is 288 Å². The molecule has 6 heterocycles. The highest BCUT2D eigenvalue weighted by molar-refractivity contribution is 6.18. The third-order valence-electron chi connectivity index (χ3n) is 17.3. The maximum Gasteiger partial charge on any atom is 0.162 e. The molecule has 12 aromatic carbocycles. The summed E-state index contributed by atoms with van der Waals surface area (Å²) in [6, 6.07) is 100. The van der Waals surface area contributed by atoms with E-state index in [4.69, 9.17) is 18.8 Å². The van der Waals surface area contributed by atoms with Crippen LogP contribution in [0, 0.1) is 0 Å². The normalized spacial score (nSPS) is 12.0. The fourth-order valence-electron chi connectivity index (χ4n) is 13.4. The number of furan rings is 2. The predicted octanol–water partition coefficient (Wildman–Crippen LogP) is 21.1. The van der Waals surface area contributed by atoms with Crippen molar-refractivity contribution in [3.05, 3.63) is 279 Å². The highest BCUT2D eigenvalue weighted by atomic mass is 16.3. The number of rotatable bonds is 7. The molecule has 0 amide bonds. The maximum absolute atomic E-state index is 6.83. The molecular weight excluding hydrogens is 1020 g/mol. The molecule has 0 N–H and O–H groups in total. The Morgan fingerprint density at radius 1 is 0.238 bits per heavy atom. The second-order valence-corrected chi connectivity index (χ2v) is 22.0. The van der Waals surface area contributed by atoms with Crippen LogP contribution in [0.2, 0.25) is 0 Å². The van der Waals surface area contributed by atoms with E-state index >= 15 is 0 Å². The van der Waals surface area contributed by atoms with Crippen molar-refractivity contribution in [2.45, 2.75) is 0 Å². The summed E-state index contributed by atoms with van der Waals surface area (Å²) in [5, 5.41) is 8.92. The predicted molar refractivity (Wildman–Crippen MR) is 347 cm³/mol. The van der Waals surface area contributed by atoms with Crippen LogP contribution in [0.3, 0.4) is 0 Å². The molecule has 84 heavy (non-hydrogen) atoms. The van der Waals surface area contributed by atoms with Crippen LogP contribution in [-0.4, -0.2) is 19.1 Å². The van der Waals surface area contributed by atoms with Gasteiger partial charge in [-0.3, -0.25) is 0 Å². The largest absolute Gasteiger partial charge is 0.454 e. The van der Waals surface area contributed by atoms with Gasteiger partial charge in [0.05, 0.1) is 33.1 Å². The molecule has 6 heteroatoms. The number of benzene rings is 12. The molecule has 18 aromatic rings. The van der Waals surface area contributed by atoms with E-state index in [9.17, 15) is 0 Å². The maximum atomic E-state index is 6.83. The molecule has 6 nitrogen and oxygen atoms in total. The van der Waals surface area contributed by atoms with Gasteiger partial charge in [-0.15, -0.1) is 0 Å². The molecule has 0 spiro atoms. The summed E-state index contributed by atoms with van der Waals surface area (Å²) < 4.78 is 18.3. The summed E-state index contributed by atoms with van der Waals surface area (Å²) in [7, 11) is 0. The average Bonchev–Trinajstić information content (AvgIpc) is 2.25. The van der Waals surface area contributed by atoms with Gasteiger partial charge in [0.15, 0.2) is 11.2 Å². The first-order valence-corrected chi connectivity index (χ1v) is 28.5. The van der Waals surface area contributed by atoms with Gasteiger partial charge in [0.1, 0.15) is 22.2 Å². The summed E-state index contributed by atoms with van der Waals surface area (Å²) in [6.45, 7) is 0. The van der Waals surface area contributed by atoms with Crippen molar-refractivity contribution < 1.29 is 8.83 Å². The van der Waals surface area contributed by atoms with Gasteiger partial charge < -0.3 is 18.0 Å². The second-order valence-electron chi connectivity index (χ2n) is 22.0. The number of hydrogen-bond donors (Lipinski definition) is 0. The van der Waals surface area contributed by atoms with Crippen LogP contribution in [0.1, 0.15) is 0 Å². The van der Waals surface area contributed by atoms with E-state index in [1.54, 1.807) is 0 Å². The van der Waals surface area contributed by atoms with E-state index in [0.29, 0.717) is 0 Å². The molecule has 0 aliphatic heterocycles. The third-order valence-corrected chi connectivity index (χ3v) is 17.3. The SMILES string of the molecule is c1ccc(-c2ccc3c(c2)c2cc(-c4ccc(-c5ccc6nc7c(oc8ccccc87)c(-c7cccc(-n8c9ccccc9c9ccccc98)c7)c6c5)cc4)ccc2n3-c2cccc(-c3c4ccccc4nc4c3oc3ccccc34)c2)cc1. The van der Waals surface area contributed by atoms with Crippen LogP contribution in [0.4, 0.5) is 0 Å². The fourth-order valence-corrected chi connectivity index (χ4v) is 13.4. The highest BCUT2D eigenvalue weighted by Crippen LogP contribution is 2.45. The van der Waals surface area contributed by atoms with E-state index < -0.39 is 0 Å². The molecule has 0 saturated carbocycles. The minimum Gasteiger partial charge on any atom is -0.454 e. The summed E-state index contributed by atoms with van der Waals surface area (Å²) in [4.78, 5) is 10.5. The van der Waals surface area contributed by atoms with Crippen LogP contribution >= 0.6 is 0 Å². The van der Waals surface area contributed by atoms with Gasteiger partial charge in [-0.1, -0.05) is 176 Å². The number of aromatic nitrogens is 4. The molecule has 0 unspecified atom stereocenters. The average molecular weight is 1070 g/mol. The molecule has 0 atom stereocenters. The smallest absolute Gasteiger partial charge is 0.162 e. The summed E-state index contributed by atoms with van der Waals surface area (Å²) in [5.74, 6) is 0. The topological polar surface area (TPSA) is 61.9 Å². The molecule has 0 aliphatic rings. The van der Waals surface area contributed by atoms with E-state index in [2.05, 4.69) is 258 Å². The Hall–Kier alpha value is -11.3. The zero-order valence-electron chi connectivity index (χ0n) is 45.2. The lowest BCUT2D eigenvalue weighted by Gasteiger charge is -2.13. The van der Waals surface area contributed by atoms with E-state index in [0.717, 1.165) is 133 Å². The Morgan fingerprint density at radius 3 is 1.17 bits per heavy atom. The van der Waals surface area contributed by atoms with Crippen LogP contribution in [-0.2, 0) is 0 Å². The van der Waals surface area contributed by atoms with E-state index in [1.807, 2.05) is 30.3 Å². The Balaban J connectivity index is 0.763. The highest BCUT2D eigenvalue weighted by Gasteiger charge is 2.23. The number of para-hydroxylation sites is 5. The molecule has 0 bridgehead atoms. The summed E-state index contributed by atoms with van der Waals surface area (Å²) in [6.07, 6.45) is 0. The monoisotopic (exact) mass is 1070 g/mol. The van der Waals surface area contributed by atoms with Gasteiger partial charge in [0, 0.05) is 65.6 Å². The molecule has 0 fully saturated rings. The van der Waals surface area contributed by atoms with Crippen molar-refractivity contribution >= 4 is 110 Å². The first-order chi connectivity index (χ1) is 41.6. The van der Waals surface area contributed by atoms with Crippen LogP contribution < -0.4 is 0 Å². The van der Waals surface area contributed by atoms with Gasteiger partial charge in [-0.05, 0) is 148 Å². The lowest BCUT2D eigenvalue weighted by Crippen LogP contribution is -1.95. The molecule has 0 radical (unpaired) electrons. The van der Waals surface area contributed by atoms with Gasteiger partial charge >= 0.3 is 0 Å². The first-order valence-electron chi connectivity index (χ1n) is 28.5. The lowest BCUT2D eigenvalue weighted by atomic mass is 9.94. The van der Waals surface area contributed by atoms with Crippen molar-refractivity contribution in [2.75, 3.05) is 0 Å². The van der Waals surface area contributed by atoms with Crippen molar-refractivity contribution in [1.29, 1.82) is 0 Å². The number of fused-ring (bicyclic) bond motifs is 14.